The van der Waals surface area contributed by atoms with E-state index in [-0.39, 0.29) is 11.9 Å². The molecule has 1 aromatic rings. The molecule has 1 aliphatic heterocycles. The highest BCUT2D eigenvalue weighted by Crippen LogP contribution is 2.13. The van der Waals surface area contributed by atoms with E-state index in [1.54, 1.807) is 6.07 Å². The average molecular weight is 251 g/mol. The average Bonchev–Trinajstić information content (AvgIpc) is 2.36. The number of aliphatic hydroxyl groups excluding tert-OH is 1. The van der Waals surface area contributed by atoms with Crippen molar-refractivity contribution in [3.63, 3.8) is 0 Å². The Labute approximate surface area is 108 Å². The topological polar surface area (TPSA) is 23.5 Å². The lowest BCUT2D eigenvalue weighted by Gasteiger charge is -2.29. The second-order valence-corrected chi connectivity index (χ2v) is 5.26. The van der Waals surface area contributed by atoms with Crippen LogP contribution < -0.4 is 0 Å². The third-order valence-electron chi connectivity index (χ3n) is 3.72. The maximum atomic E-state index is 13.1. The summed E-state index contributed by atoms with van der Waals surface area (Å²) in [6.07, 6.45) is 3.80. The van der Waals surface area contributed by atoms with Crippen molar-refractivity contribution in [2.75, 3.05) is 19.6 Å². The monoisotopic (exact) mass is 251 g/mol. The number of likely N-dealkylation sites (tertiary alicyclic amines) is 1. The Hall–Kier alpha value is -0.930. The van der Waals surface area contributed by atoms with E-state index in [1.165, 1.54) is 5.56 Å². The molecule has 0 aromatic heterocycles. The molecular formula is C15H22FNO. The summed E-state index contributed by atoms with van der Waals surface area (Å²) in [5.74, 6) is -0.122. The van der Waals surface area contributed by atoms with Crippen molar-refractivity contribution in [2.45, 2.75) is 38.7 Å². The molecule has 0 radical (unpaired) electrons. The van der Waals surface area contributed by atoms with E-state index >= 15 is 0 Å². The largest absolute Gasteiger partial charge is 0.393 e. The molecule has 0 spiro atoms. The fourth-order valence-electron chi connectivity index (χ4n) is 2.51. The molecular weight excluding hydrogens is 229 g/mol. The first-order chi connectivity index (χ1) is 8.65. The van der Waals surface area contributed by atoms with E-state index in [2.05, 4.69) is 4.90 Å². The maximum absolute atomic E-state index is 13.1. The molecule has 1 N–H and O–H groups in total. The van der Waals surface area contributed by atoms with Crippen molar-refractivity contribution < 1.29 is 9.50 Å². The molecule has 0 amide bonds. The van der Waals surface area contributed by atoms with Gasteiger partial charge in [-0.15, -0.1) is 0 Å². The van der Waals surface area contributed by atoms with E-state index in [0.29, 0.717) is 0 Å². The molecule has 18 heavy (non-hydrogen) atoms. The number of rotatable bonds is 4. The first kappa shape index (κ1) is 13.5. The van der Waals surface area contributed by atoms with Crippen LogP contribution in [0.25, 0.3) is 0 Å². The smallest absolute Gasteiger partial charge is 0.126 e. The molecule has 0 bridgehead atoms. The lowest BCUT2D eigenvalue weighted by Crippen LogP contribution is -2.36. The number of nitrogens with zero attached hydrogens (tertiary/aromatic N) is 1. The standard InChI is InChI=1S/C15H22FNO/c1-12-11-13(4-5-15(12)16)3-2-8-17-9-6-14(18)7-10-17/h4-5,11,14,18H,2-3,6-10H2,1H3. The third kappa shape index (κ3) is 3.79. The van der Waals surface area contributed by atoms with Crippen molar-refractivity contribution in [1.82, 2.24) is 4.90 Å². The minimum Gasteiger partial charge on any atom is -0.393 e. The maximum Gasteiger partial charge on any atom is 0.126 e. The second-order valence-electron chi connectivity index (χ2n) is 5.26. The zero-order valence-corrected chi connectivity index (χ0v) is 11.0. The lowest BCUT2D eigenvalue weighted by molar-refractivity contribution is 0.0821. The van der Waals surface area contributed by atoms with Crippen LogP contribution in [0.1, 0.15) is 30.4 Å². The molecule has 0 atom stereocenters. The van der Waals surface area contributed by atoms with Gasteiger partial charge in [-0.2, -0.15) is 0 Å². The number of aryl methyl sites for hydroxylation is 2. The van der Waals surface area contributed by atoms with Gasteiger partial charge in [-0.1, -0.05) is 12.1 Å². The minimum absolute atomic E-state index is 0.0963. The number of halogens is 1. The summed E-state index contributed by atoms with van der Waals surface area (Å²) in [5, 5.41) is 9.42. The molecule has 1 saturated heterocycles. The highest BCUT2D eigenvalue weighted by Gasteiger charge is 2.16. The molecule has 1 aliphatic rings. The molecule has 0 saturated carbocycles. The van der Waals surface area contributed by atoms with Crippen molar-refractivity contribution in [3.05, 3.63) is 35.1 Å². The Bertz CT molecular complexity index is 386. The minimum atomic E-state index is -0.122. The molecule has 1 heterocycles. The van der Waals surface area contributed by atoms with Crippen LogP contribution in [-0.4, -0.2) is 35.7 Å². The van der Waals surface area contributed by atoms with Gasteiger partial charge in [0.1, 0.15) is 5.82 Å². The van der Waals surface area contributed by atoms with E-state index in [4.69, 9.17) is 0 Å². The van der Waals surface area contributed by atoms with Crippen molar-refractivity contribution in [2.24, 2.45) is 0 Å². The van der Waals surface area contributed by atoms with Gasteiger partial charge in [0.25, 0.3) is 0 Å². The number of benzene rings is 1. The van der Waals surface area contributed by atoms with Crippen LogP contribution >= 0.6 is 0 Å². The van der Waals surface area contributed by atoms with Crippen LogP contribution in [0.2, 0.25) is 0 Å². The van der Waals surface area contributed by atoms with E-state index in [9.17, 15) is 9.50 Å². The molecule has 2 nitrogen and oxygen atoms in total. The molecule has 1 aromatic carbocycles. The van der Waals surface area contributed by atoms with Crippen LogP contribution in [0.4, 0.5) is 4.39 Å². The van der Waals surface area contributed by atoms with Gasteiger partial charge in [-0.3, -0.25) is 0 Å². The summed E-state index contributed by atoms with van der Waals surface area (Å²) in [6, 6.07) is 5.37. The summed E-state index contributed by atoms with van der Waals surface area (Å²) >= 11 is 0. The van der Waals surface area contributed by atoms with Crippen molar-refractivity contribution in [3.8, 4) is 0 Å². The van der Waals surface area contributed by atoms with E-state index in [1.807, 2.05) is 19.1 Å². The van der Waals surface area contributed by atoms with Gasteiger partial charge < -0.3 is 10.0 Å². The summed E-state index contributed by atoms with van der Waals surface area (Å²) in [5.41, 5.74) is 1.94. The van der Waals surface area contributed by atoms with Crippen LogP contribution in [0.15, 0.2) is 18.2 Å². The molecule has 2 rings (SSSR count). The highest BCUT2D eigenvalue weighted by molar-refractivity contribution is 5.23. The van der Waals surface area contributed by atoms with Gasteiger partial charge in [0.05, 0.1) is 6.10 Å². The van der Waals surface area contributed by atoms with E-state index < -0.39 is 0 Å². The van der Waals surface area contributed by atoms with Gasteiger partial charge in [0, 0.05) is 13.1 Å². The number of aliphatic hydroxyl groups is 1. The van der Waals surface area contributed by atoms with Gasteiger partial charge in [0.15, 0.2) is 0 Å². The van der Waals surface area contributed by atoms with Crippen molar-refractivity contribution in [1.29, 1.82) is 0 Å². The molecule has 0 unspecified atom stereocenters. The summed E-state index contributed by atoms with van der Waals surface area (Å²) in [6.45, 7) is 4.89. The predicted molar refractivity (Wildman–Crippen MR) is 71.1 cm³/mol. The zero-order chi connectivity index (χ0) is 13.0. The predicted octanol–water partition coefficient (Wildman–Crippen LogP) is 2.52. The highest BCUT2D eigenvalue weighted by atomic mass is 19.1. The summed E-state index contributed by atoms with van der Waals surface area (Å²) < 4.78 is 13.1. The Morgan fingerprint density at radius 1 is 1.33 bits per heavy atom. The fourth-order valence-corrected chi connectivity index (χ4v) is 2.51. The van der Waals surface area contributed by atoms with Crippen LogP contribution in [0, 0.1) is 12.7 Å². The zero-order valence-electron chi connectivity index (χ0n) is 11.0. The molecule has 0 aliphatic carbocycles. The lowest BCUT2D eigenvalue weighted by atomic mass is 10.0. The Balaban J connectivity index is 1.73. The molecule has 3 heteroatoms. The first-order valence-electron chi connectivity index (χ1n) is 6.80. The number of piperidine rings is 1. The number of hydrogen-bond donors (Lipinski definition) is 1. The van der Waals surface area contributed by atoms with Crippen molar-refractivity contribution >= 4 is 0 Å². The van der Waals surface area contributed by atoms with Crippen LogP contribution in [0.3, 0.4) is 0 Å². The van der Waals surface area contributed by atoms with Gasteiger partial charge in [-0.25, -0.2) is 4.39 Å². The first-order valence-corrected chi connectivity index (χ1v) is 6.80. The van der Waals surface area contributed by atoms with Gasteiger partial charge >= 0.3 is 0 Å². The quantitative estimate of drug-likeness (QED) is 0.889. The Morgan fingerprint density at radius 2 is 2.06 bits per heavy atom. The molecule has 1 fully saturated rings. The summed E-state index contributed by atoms with van der Waals surface area (Å²) in [4.78, 5) is 2.41. The normalized spacial score (nSPS) is 18.2. The van der Waals surface area contributed by atoms with Crippen LogP contribution in [0.5, 0.6) is 0 Å². The molecule has 100 valence electrons. The Kier molecular flexibility index (Phi) is 4.72. The fraction of sp³-hybridized carbons (Fsp3) is 0.600. The van der Waals surface area contributed by atoms with E-state index in [0.717, 1.165) is 50.9 Å². The van der Waals surface area contributed by atoms with Gasteiger partial charge in [-0.05, 0) is 56.3 Å². The second kappa shape index (κ2) is 6.30. The third-order valence-corrected chi connectivity index (χ3v) is 3.72. The SMILES string of the molecule is Cc1cc(CCCN2CCC(O)CC2)ccc1F. The summed E-state index contributed by atoms with van der Waals surface area (Å²) in [7, 11) is 0. The number of hydrogen-bond acceptors (Lipinski definition) is 2. The Morgan fingerprint density at radius 3 is 2.72 bits per heavy atom. The van der Waals surface area contributed by atoms with Gasteiger partial charge in [0.2, 0.25) is 0 Å². The van der Waals surface area contributed by atoms with Crippen LogP contribution in [-0.2, 0) is 6.42 Å².